The number of aromatic amines is 1. The predicted molar refractivity (Wildman–Crippen MR) is 58.8 cm³/mol. The average Bonchev–Trinajstić information content (AvgIpc) is 2.43. The maximum absolute atomic E-state index is 5.25. The molecule has 2 rings (SSSR count). The average molecular weight is 211 g/mol. The zero-order valence-electron chi connectivity index (χ0n) is 8.79. The minimum atomic E-state index is 0.609. The molecule has 1 saturated carbocycles. The summed E-state index contributed by atoms with van der Waals surface area (Å²) in [6.45, 7) is 4.46. The van der Waals surface area contributed by atoms with Crippen LogP contribution in [0.2, 0.25) is 0 Å². The van der Waals surface area contributed by atoms with Gasteiger partial charge in [0, 0.05) is 12.5 Å². The summed E-state index contributed by atoms with van der Waals surface area (Å²) in [6.07, 6.45) is 4.66. The predicted octanol–water partition coefficient (Wildman–Crippen LogP) is 2.86. The van der Waals surface area contributed by atoms with Gasteiger partial charge in [0.25, 0.3) is 0 Å². The van der Waals surface area contributed by atoms with E-state index in [2.05, 4.69) is 28.6 Å². The standard InChI is InChI=1S/C10H17N3S/c1-3-4-9-11-12-10(14)13(9)8-5-7(2)6-8/h7-8H,3-6H2,1-2H3,(H,12,14). The number of rotatable bonds is 3. The first kappa shape index (κ1) is 9.90. The molecule has 0 radical (unpaired) electrons. The van der Waals surface area contributed by atoms with Crippen LogP contribution in [0, 0.1) is 10.7 Å². The van der Waals surface area contributed by atoms with Crippen molar-refractivity contribution in [3.8, 4) is 0 Å². The van der Waals surface area contributed by atoms with Gasteiger partial charge in [0.15, 0.2) is 4.77 Å². The fraction of sp³-hybridized carbons (Fsp3) is 0.800. The van der Waals surface area contributed by atoms with Crippen LogP contribution in [0.4, 0.5) is 0 Å². The zero-order valence-corrected chi connectivity index (χ0v) is 9.60. The smallest absolute Gasteiger partial charge is 0.195 e. The molecule has 0 amide bonds. The molecule has 0 saturated heterocycles. The molecule has 0 aliphatic heterocycles. The molecule has 0 bridgehead atoms. The number of hydrogen-bond acceptors (Lipinski definition) is 2. The van der Waals surface area contributed by atoms with Gasteiger partial charge in [0.2, 0.25) is 0 Å². The molecule has 1 aliphatic carbocycles. The fourth-order valence-corrected chi connectivity index (χ4v) is 2.48. The van der Waals surface area contributed by atoms with Crippen LogP contribution >= 0.6 is 12.2 Å². The first-order valence-corrected chi connectivity index (χ1v) is 5.79. The van der Waals surface area contributed by atoms with Gasteiger partial charge in [-0.25, -0.2) is 0 Å². The van der Waals surface area contributed by atoms with Crippen molar-refractivity contribution in [1.29, 1.82) is 0 Å². The lowest BCUT2D eigenvalue weighted by molar-refractivity contribution is 0.209. The molecule has 14 heavy (non-hydrogen) atoms. The lowest BCUT2D eigenvalue weighted by atomic mass is 9.81. The molecule has 1 aromatic rings. The van der Waals surface area contributed by atoms with Crippen LogP contribution < -0.4 is 0 Å². The molecule has 3 nitrogen and oxygen atoms in total. The van der Waals surface area contributed by atoms with E-state index in [1.165, 1.54) is 12.8 Å². The van der Waals surface area contributed by atoms with Crippen LogP contribution in [0.5, 0.6) is 0 Å². The molecule has 0 atom stereocenters. The third-order valence-corrected chi connectivity index (χ3v) is 3.25. The largest absolute Gasteiger partial charge is 0.301 e. The van der Waals surface area contributed by atoms with Crippen LogP contribution in [0.25, 0.3) is 0 Å². The summed E-state index contributed by atoms with van der Waals surface area (Å²) in [6, 6.07) is 0.609. The third-order valence-electron chi connectivity index (χ3n) is 2.97. The van der Waals surface area contributed by atoms with Gasteiger partial charge in [-0.05, 0) is 37.4 Å². The molecule has 0 unspecified atom stereocenters. The van der Waals surface area contributed by atoms with E-state index in [0.717, 1.165) is 29.4 Å². The van der Waals surface area contributed by atoms with Crippen molar-refractivity contribution >= 4 is 12.2 Å². The Balaban J connectivity index is 2.22. The summed E-state index contributed by atoms with van der Waals surface area (Å²) in [7, 11) is 0. The first-order valence-electron chi connectivity index (χ1n) is 5.38. The number of H-pyrrole nitrogens is 1. The molecular weight excluding hydrogens is 194 g/mol. The van der Waals surface area contributed by atoms with Gasteiger partial charge < -0.3 is 4.57 Å². The van der Waals surface area contributed by atoms with Crippen LogP contribution in [0.15, 0.2) is 0 Å². The van der Waals surface area contributed by atoms with E-state index in [1.807, 2.05) is 0 Å². The van der Waals surface area contributed by atoms with Crippen molar-refractivity contribution in [2.75, 3.05) is 0 Å². The lowest BCUT2D eigenvalue weighted by Gasteiger charge is -2.34. The highest BCUT2D eigenvalue weighted by molar-refractivity contribution is 7.71. The summed E-state index contributed by atoms with van der Waals surface area (Å²) in [5.41, 5.74) is 0. The van der Waals surface area contributed by atoms with E-state index in [9.17, 15) is 0 Å². The maximum Gasteiger partial charge on any atom is 0.195 e. The Morgan fingerprint density at radius 2 is 2.29 bits per heavy atom. The minimum absolute atomic E-state index is 0.609. The molecule has 1 fully saturated rings. The Morgan fingerprint density at radius 1 is 1.57 bits per heavy atom. The van der Waals surface area contributed by atoms with Crippen LogP contribution in [-0.2, 0) is 6.42 Å². The van der Waals surface area contributed by atoms with Crippen molar-refractivity contribution in [1.82, 2.24) is 14.8 Å². The lowest BCUT2D eigenvalue weighted by Crippen LogP contribution is -2.26. The molecule has 0 aromatic carbocycles. The summed E-state index contributed by atoms with van der Waals surface area (Å²) < 4.78 is 3.02. The van der Waals surface area contributed by atoms with E-state index in [-0.39, 0.29) is 0 Å². The van der Waals surface area contributed by atoms with Crippen LogP contribution in [0.3, 0.4) is 0 Å². The van der Waals surface area contributed by atoms with Crippen LogP contribution in [-0.4, -0.2) is 14.8 Å². The fourth-order valence-electron chi connectivity index (χ4n) is 2.18. The second-order valence-electron chi connectivity index (χ2n) is 4.30. The van der Waals surface area contributed by atoms with Crippen molar-refractivity contribution < 1.29 is 0 Å². The topological polar surface area (TPSA) is 33.6 Å². The van der Waals surface area contributed by atoms with E-state index < -0.39 is 0 Å². The second-order valence-corrected chi connectivity index (χ2v) is 4.68. The van der Waals surface area contributed by atoms with Gasteiger partial charge in [-0.2, -0.15) is 5.10 Å². The Hall–Kier alpha value is -0.640. The molecule has 1 N–H and O–H groups in total. The summed E-state index contributed by atoms with van der Waals surface area (Å²) >= 11 is 5.25. The van der Waals surface area contributed by atoms with E-state index >= 15 is 0 Å². The Morgan fingerprint density at radius 3 is 2.86 bits per heavy atom. The summed E-state index contributed by atoms with van der Waals surface area (Å²) in [5, 5.41) is 7.18. The molecule has 0 spiro atoms. The molecular formula is C10H17N3S. The zero-order chi connectivity index (χ0) is 10.1. The Labute approximate surface area is 89.5 Å². The maximum atomic E-state index is 5.25. The molecule has 1 aliphatic rings. The highest BCUT2D eigenvalue weighted by atomic mass is 32.1. The Bertz CT molecular complexity index is 360. The van der Waals surface area contributed by atoms with E-state index in [1.54, 1.807) is 0 Å². The van der Waals surface area contributed by atoms with Crippen molar-refractivity contribution in [3.05, 3.63) is 10.6 Å². The Kier molecular flexibility index (Phi) is 2.72. The first-order chi connectivity index (χ1) is 6.72. The van der Waals surface area contributed by atoms with Gasteiger partial charge in [-0.1, -0.05) is 13.8 Å². The number of hydrogen-bond donors (Lipinski definition) is 1. The second kappa shape index (κ2) is 3.85. The highest BCUT2D eigenvalue weighted by Crippen LogP contribution is 2.37. The van der Waals surface area contributed by atoms with E-state index in [4.69, 9.17) is 12.2 Å². The van der Waals surface area contributed by atoms with Crippen molar-refractivity contribution in [3.63, 3.8) is 0 Å². The van der Waals surface area contributed by atoms with Gasteiger partial charge in [0.05, 0.1) is 0 Å². The minimum Gasteiger partial charge on any atom is -0.301 e. The summed E-state index contributed by atoms with van der Waals surface area (Å²) in [5.74, 6) is 1.99. The van der Waals surface area contributed by atoms with Gasteiger partial charge >= 0.3 is 0 Å². The molecule has 1 heterocycles. The SMILES string of the molecule is CCCc1n[nH]c(=S)n1C1CC(C)C1. The number of nitrogens with one attached hydrogen (secondary N) is 1. The molecule has 1 aromatic heterocycles. The van der Waals surface area contributed by atoms with Gasteiger partial charge in [-0.3, -0.25) is 5.10 Å². The van der Waals surface area contributed by atoms with Crippen molar-refractivity contribution in [2.45, 2.75) is 45.6 Å². The van der Waals surface area contributed by atoms with Crippen molar-refractivity contribution in [2.24, 2.45) is 5.92 Å². The summed E-state index contributed by atoms with van der Waals surface area (Å²) in [4.78, 5) is 0. The highest BCUT2D eigenvalue weighted by Gasteiger charge is 2.28. The third kappa shape index (κ3) is 1.63. The normalized spacial score (nSPS) is 26.1. The molecule has 78 valence electrons. The molecule has 4 heteroatoms. The quantitative estimate of drug-likeness (QED) is 0.780. The van der Waals surface area contributed by atoms with Crippen LogP contribution in [0.1, 0.15) is 45.0 Å². The van der Waals surface area contributed by atoms with E-state index in [0.29, 0.717) is 6.04 Å². The van der Waals surface area contributed by atoms with Gasteiger partial charge in [-0.15, -0.1) is 0 Å². The number of aryl methyl sites for hydroxylation is 1. The number of nitrogens with zero attached hydrogens (tertiary/aromatic N) is 2. The monoisotopic (exact) mass is 211 g/mol. The number of aromatic nitrogens is 3. The van der Waals surface area contributed by atoms with Gasteiger partial charge in [0.1, 0.15) is 5.82 Å².